The number of para-hydroxylation sites is 1. The van der Waals surface area contributed by atoms with Crippen LogP contribution in [-0.4, -0.2) is 19.3 Å². The molecule has 0 saturated carbocycles. The van der Waals surface area contributed by atoms with Crippen molar-refractivity contribution in [3.63, 3.8) is 0 Å². The summed E-state index contributed by atoms with van der Waals surface area (Å²) in [4.78, 5) is 12.2. The molecule has 0 aromatic heterocycles. The van der Waals surface area contributed by atoms with E-state index < -0.39 is 5.97 Å². The van der Waals surface area contributed by atoms with Gasteiger partial charge >= 0.3 is 5.97 Å². The molecule has 0 amide bonds. The summed E-state index contributed by atoms with van der Waals surface area (Å²) >= 11 is 0. The minimum Gasteiger partial charge on any atom is -0.493 e. The fourth-order valence-corrected chi connectivity index (χ4v) is 2.28. The minimum absolute atomic E-state index is 0.356. The van der Waals surface area contributed by atoms with Crippen molar-refractivity contribution in [3.05, 3.63) is 90.0 Å². The Morgan fingerprint density at radius 1 is 0.923 bits per heavy atom. The molecule has 1 N–H and O–H groups in total. The number of ether oxygens (including phenoxy) is 2. The number of hydrazone groups is 1. The van der Waals surface area contributed by atoms with Crippen LogP contribution in [0.2, 0.25) is 0 Å². The molecular weight excluding hydrogens is 328 g/mol. The number of hydrogen-bond acceptors (Lipinski definition) is 5. The quantitative estimate of drug-likeness (QED) is 0.312. The topological polar surface area (TPSA) is 59.9 Å². The molecule has 0 bridgehead atoms. The molecule has 0 atom stereocenters. The maximum Gasteiger partial charge on any atom is 0.343 e. The number of carbonyl (C=O) groups is 1. The SMILES string of the molecule is COc1cc(C=NNc2ccccc2)ccc1OC(=O)c1ccccc1. The first-order chi connectivity index (χ1) is 12.8. The maximum atomic E-state index is 12.2. The number of methoxy groups -OCH3 is 1. The van der Waals surface area contributed by atoms with Crippen LogP contribution < -0.4 is 14.9 Å². The van der Waals surface area contributed by atoms with Crippen LogP contribution in [0.3, 0.4) is 0 Å². The predicted molar refractivity (Wildman–Crippen MR) is 102 cm³/mol. The third-order valence-corrected chi connectivity index (χ3v) is 3.58. The molecular formula is C21H18N2O3. The molecule has 3 aromatic carbocycles. The van der Waals surface area contributed by atoms with E-state index in [0.29, 0.717) is 17.1 Å². The number of nitrogens with zero attached hydrogens (tertiary/aromatic N) is 1. The normalized spacial score (nSPS) is 10.5. The highest BCUT2D eigenvalue weighted by molar-refractivity contribution is 5.91. The van der Waals surface area contributed by atoms with Gasteiger partial charge in [0.2, 0.25) is 0 Å². The van der Waals surface area contributed by atoms with Crippen molar-refractivity contribution in [2.75, 3.05) is 12.5 Å². The van der Waals surface area contributed by atoms with Crippen LogP contribution in [0.15, 0.2) is 84.0 Å². The lowest BCUT2D eigenvalue weighted by atomic mass is 10.2. The predicted octanol–water partition coefficient (Wildman–Crippen LogP) is 4.36. The van der Waals surface area contributed by atoms with Gasteiger partial charge in [0.25, 0.3) is 0 Å². The first kappa shape index (κ1) is 17.2. The molecule has 130 valence electrons. The number of esters is 1. The van der Waals surface area contributed by atoms with Gasteiger partial charge in [0.15, 0.2) is 11.5 Å². The first-order valence-electron chi connectivity index (χ1n) is 8.05. The summed E-state index contributed by atoms with van der Waals surface area (Å²) in [6.07, 6.45) is 1.66. The first-order valence-corrected chi connectivity index (χ1v) is 8.05. The van der Waals surface area contributed by atoms with Crippen molar-refractivity contribution in [1.29, 1.82) is 0 Å². The van der Waals surface area contributed by atoms with E-state index in [9.17, 15) is 4.79 Å². The Morgan fingerprint density at radius 3 is 2.31 bits per heavy atom. The lowest BCUT2D eigenvalue weighted by Crippen LogP contribution is -2.09. The average Bonchev–Trinajstić information content (AvgIpc) is 2.70. The highest BCUT2D eigenvalue weighted by Crippen LogP contribution is 2.28. The van der Waals surface area contributed by atoms with Crippen molar-refractivity contribution >= 4 is 17.9 Å². The van der Waals surface area contributed by atoms with Gasteiger partial charge < -0.3 is 9.47 Å². The van der Waals surface area contributed by atoms with Crippen molar-refractivity contribution in [3.8, 4) is 11.5 Å². The second kappa shape index (κ2) is 8.48. The van der Waals surface area contributed by atoms with Gasteiger partial charge in [-0.25, -0.2) is 4.79 Å². The van der Waals surface area contributed by atoms with Crippen molar-refractivity contribution < 1.29 is 14.3 Å². The van der Waals surface area contributed by atoms with Crippen LogP contribution in [0.5, 0.6) is 11.5 Å². The average molecular weight is 346 g/mol. The highest BCUT2D eigenvalue weighted by atomic mass is 16.6. The number of anilines is 1. The standard InChI is InChI=1S/C21H18N2O3/c1-25-20-14-16(15-22-23-18-10-6-3-7-11-18)12-13-19(20)26-21(24)17-8-4-2-5-9-17/h2-15,23H,1H3. The molecule has 0 fully saturated rings. The Morgan fingerprint density at radius 2 is 1.62 bits per heavy atom. The summed E-state index contributed by atoms with van der Waals surface area (Å²) in [5.74, 6) is 0.378. The molecule has 0 aliphatic heterocycles. The monoisotopic (exact) mass is 346 g/mol. The molecule has 5 nitrogen and oxygen atoms in total. The molecule has 0 radical (unpaired) electrons. The number of rotatable bonds is 6. The Balaban J connectivity index is 1.70. The third kappa shape index (κ3) is 4.48. The summed E-state index contributed by atoms with van der Waals surface area (Å²) in [7, 11) is 1.53. The van der Waals surface area contributed by atoms with E-state index in [0.717, 1.165) is 11.3 Å². The third-order valence-electron chi connectivity index (χ3n) is 3.58. The Labute approximate surface area is 151 Å². The lowest BCUT2D eigenvalue weighted by Gasteiger charge is -2.10. The van der Waals surface area contributed by atoms with E-state index >= 15 is 0 Å². The van der Waals surface area contributed by atoms with Gasteiger partial charge in [-0.3, -0.25) is 5.43 Å². The molecule has 3 aromatic rings. The van der Waals surface area contributed by atoms with Crippen molar-refractivity contribution in [2.24, 2.45) is 5.10 Å². The largest absolute Gasteiger partial charge is 0.493 e. The van der Waals surface area contributed by atoms with Crippen LogP contribution in [0, 0.1) is 0 Å². The summed E-state index contributed by atoms with van der Waals surface area (Å²) in [5.41, 5.74) is 5.12. The smallest absolute Gasteiger partial charge is 0.343 e. The maximum absolute atomic E-state index is 12.2. The fourth-order valence-electron chi connectivity index (χ4n) is 2.28. The number of hydrogen-bond donors (Lipinski definition) is 1. The van der Waals surface area contributed by atoms with Crippen molar-refractivity contribution in [2.45, 2.75) is 0 Å². The number of carbonyl (C=O) groups excluding carboxylic acids is 1. The summed E-state index contributed by atoms with van der Waals surface area (Å²) < 4.78 is 10.8. The van der Waals surface area contributed by atoms with Crippen LogP contribution in [0.25, 0.3) is 0 Å². The zero-order chi connectivity index (χ0) is 18.2. The summed E-state index contributed by atoms with van der Waals surface area (Å²) in [5, 5.41) is 4.19. The van der Waals surface area contributed by atoms with Gasteiger partial charge in [-0.15, -0.1) is 0 Å². The molecule has 0 aliphatic carbocycles. The van der Waals surface area contributed by atoms with E-state index in [-0.39, 0.29) is 0 Å². The van der Waals surface area contributed by atoms with Crippen LogP contribution in [0.1, 0.15) is 15.9 Å². The van der Waals surface area contributed by atoms with Crippen LogP contribution in [0.4, 0.5) is 5.69 Å². The molecule has 0 saturated heterocycles. The second-order valence-corrected chi connectivity index (χ2v) is 5.40. The van der Waals surface area contributed by atoms with E-state index in [2.05, 4.69) is 10.5 Å². The van der Waals surface area contributed by atoms with Gasteiger partial charge in [0.1, 0.15) is 0 Å². The Hall–Kier alpha value is -3.60. The van der Waals surface area contributed by atoms with Crippen LogP contribution in [-0.2, 0) is 0 Å². The Kier molecular flexibility index (Phi) is 5.62. The molecule has 5 heteroatoms. The van der Waals surface area contributed by atoms with Gasteiger partial charge in [-0.1, -0.05) is 36.4 Å². The zero-order valence-electron chi connectivity index (χ0n) is 14.3. The summed E-state index contributed by atoms with van der Waals surface area (Å²) in [6.45, 7) is 0. The molecule has 0 aliphatic rings. The fraction of sp³-hybridized carbons (Fsp3) is 0.0476. The van der Waals surface area contributed by atoms with E-state index in [1.807, 2.05) is 36.4 Å². The highest BCUT2D eigenvalue weighted by Gasteiger charge is 2.12. The van der Waals surface area contributed by atoms with Gasteiger partial charge in [-0.05, 0) is 48.0 Å². The molecule has 26 heavy (non-hydrogen) atoms. The summed E-state index contributed by atoms with van der Waals surface area (Å²) in [6, 6.07) is 23.7. The van der Waals surface area contributed by atoms with E-state index in [1.165, 1.54) is 7.11 Å². The van der Waals surface area contributed by atoms with E-state index in [4.69, 9.17) is 9.47 Å². The Bertz CT molecular complexity index is 894. The van der Waals surface area contributed by atoms with Gasteiger partial charge in [0.05, 0.1) is 24.6 Å². The van der Waals surface area contributed by atoms with Gasteiger partial charge in [-0.2, -0.15) is 5.10 Å². The zero-order valence-corrected chi connectivity index (χ0v) is 14.3. The molecule has 0 unspecified atom stereocenters. The molecule has 3 rings (SSSR count). The molecule has 0 heterocycles. The second-order valence-electron chi connectivity index (χ2n) is 5.40. The number of benzene rings is 3. The van der Waals surface area contributed by atoms with E-state index in [1.54, 1.807) is 48.7 Å². The van der Waals surface area contributed by atoms with Crippen LogP contribution >= 0.6 is 0 Å². The van der Waals surface area contributed by atoms with Crippen molar-refractivity contribution in [1.82, 2.24) is 0 Å². The number of nitrogens with one attached hydrogen (secondary N) is 1. The molecule has 0 spiro atoms. The van der Waals surface area contributed by atoms with Gasteiger partial charge in [0, 0.05) is 0 Å². The lowest BCUT2D eigenvalue weighted by molar-refractivity contribution is 0.0729. The minimum atomic E-state index is -0.434.